The van der Waals surface area contributed by atoms with Gasteiger partial charge in [0.15, 0.2) is 5.82 Å². The Kier molecular flexibility index (Phi) is 4.37. The third-order valence-electron chi connectivity index (χ3n) is 4.39. The quantitative estimate of drug-likeness (QED) is 0.714. The van der Waals surface area contributed by atoms with E-state index in [1.165, 1.54) is 22.3 Å². The number of hydrogen-bond acceptors (Lipinski definition) is 5. The predicted octanol–water partition coefficient (Wildman–Crippen LogP) is 1.87. The highest BCUT2D eigenvalue weighted by atomic mass is 32.1. The van der Waals surface area contributed by atoms with Gasteiger partial charge in [-0.3, -0.25) is 19.6 Å². The van der Waals surface area contributed by atoms with Crippen molar-refractivity contribution < 1.29 is 14.0 Å². The van der Waals surface area contributed by atoms with E-state index in [1.54, 1.807) is 18.3 Å². The molecule has 0 aliphatic carbocycles. The zero-order chi connectivity index (χ0) is 18.1. The van der Waals surface area contributed by atoms with Crippen molar-refractivity contribution in [2.75, 3.05) is 18.0 Å². The Morgan fingerprint density at radius 1 is 1.46 bits per heavy atom. The molecular formula is C17H16FN5O2S. The number of aromatic nitrogens is 3. The lowest BCUT2D eigenvalue weighted by molar-refractivity contribution is -0.126. The molecule has 26 heavy (non-hydrogen) atoms. The summed E-state index contributed by atoms with van der Waals surface area (Å²) in [7, 11) is 0. The van der Waals surface area contributed by atoms with E-state index in [0.29, 0.717) is 18.5 Å². The average molecular weight is 373 g/mol. The van der Waals surface area contributed by atoms with Crippen molar-refractivity contribution in [3.8, 4) is 0 Å². The molecule has 1 aliphatic heterocycles. The summed E-state index contributed by atoms with van der Waals surface area (Å²) >= 11 is 1.54. The van der Waals surface area contributed by atoms with Crippen molar-refractivity contribution in [3.05, 3.63) is 40.6 Å². The molecule has 3 aromatic rings. The van der Waals surface area contributed by atoms with Crippen LogP contribution in [0, 0.1) is 11.7 Å². The van der Waals surface area contributed by atoms with Crippen LogP contribution in [-0.4, -0.2) is 40.1 Å². The lowest BCUT2D eigenvalue weighted by Gasteiger charge is -2.14. The van der Waals surface area contributed by atoms with E-state index in [9.17, 15) is 14.0 Å². The van der Waals surface area contributed by atoms with E-state index < -0.39 is 11.7 Å². The summed E-state index contributed by atoms with van der Waals surface area (Å²) in [6, 6.07) is 4.59. The minimum absolute atomic E-state index is 0.0892. The van der Waals surface area contributed by atoms with E-state index in [1.807, 2.05) is 5.38 Å². The minimum Gasteiger partial charge on any atom is -0.355 e. The normalized spacial score (nSPS) is 17.2. The van der Waals surface area contributed by atoms with Gasteiger partial charge in [-0.15, -0.1) is 11.3 Å². The second-order valence-electron chi connectivity index (χ2n) is 6.08. The van der Waals surface area contributed by atoms with Crippen molar-refractivity contribution >= 4 is 39.9 Å². The van der Waals surface area contributed by atoms with E-state index in [-0.39, 0.29) is 36.0 Å². The van der Waals surface area contributed by atoms with Crippen LogP contribution in [-0.2, 0) is 16.0 Å². The third-order valence-corrected chi connectivity index (χ3v) is 5.23. The first kappa shape index (κ1) is 16.6. The molecule has 1 aliphatic rings. The largest absolute Gasteiger partial charge is 0.355 e. The average Bonchev–Trinajstić information content (AvgIpc) is 3.34. The smallest absolute Gasteiger partial charge is 0.229 e. The molecule has 0 spiro atoms. The number of carbonyl (C=O) groups is 2. The number of halogens is 1. The summed E-state index contributed by atoms with van der Waals surface area (Å²) < 4.78 is 14.1. The van der Waals surface area contributed by atoms with Gasteiger partial charge in [-0.05, 0) is 12.1 Å². The number of rotatable bonds is 5. The second kappa shape index (κ2) is 6.83. The van der Waals surface area contributed by atoms with Crippen LogP contribution in [0.15, 0.2) is 29.8 Å². The number of fused-ring (bicyclic) bond motifs is 1. The molecule has 2 N–H and O–H groups in total. The number of thiazole rings is 1. The van der Waals surface area contributed by atoms with Crippen molar-refractivity contribution in [2.45, 2.75) is 12.8 Å². The molecule has 1 atom stereocenters. The van der Waals surface area contributed by atoms with Crippen LogP contribution in [0.2, 0.25) is 0 Å². The fraction of sp³-hybridized carbons (Fsp3) is 0.294. The number of hydrogen-bond donors (Lipinski definition) is 2. The summed E-state index contributed by atoms with van der Waals surface area (Å²) in [5.41, 5.74) is 0.518. The molecule has 1 aromatic carbocycles. The molecule has 1 saturated heterocycles. The van der Waals surface area contributed by atoms with Crippen molar-refractivity contribution in [1.82, 2.24) is 20.5 Å². The second-order valence-corrected chi connectivity index (χ2v) is 7.06. The van der Waals surface area contributed by atoms with Crippen molar-refractivity contribution in [2.24, 2.45) is 5.92 Å². The Bertz CT molecular complexity index is 955. The Labute approximate surface area is 152 Å². The van der Waals surface area contributed by atoms with E-state index in [4.69, 9.17) is 0 Å². The van der Waals surface area contributed by atoms with Gasteiger partial charge >= 0.3 is 0 Å². The highest BCUT2D eigenvalue weighted by Crippen LogP contribution is 2.31. The van der Waals surface area contributed by atoms with Crippen LogP contribution in [0.1, 0.15) is 11.4 Å². The van der Waals surface area contributed by atoms with Gasteiger partial charge in [-0.2, -0.15) is 5.10 Å². The van der Waals surface area contributed by atoms with Crippen LogP contribution < -0.4 is 10.2 Å². The molecule has 7 nitrogen and oxygen atoms in total. The summed E-state index contributed by atoms with van der Waals surface area (Å²) in [5.74, 6) is -1.10. The summed E-state index contributed by atoms with van der Waals surface area (Å²) in [4.78, 5) is 30.3. The number of benzene rings is 1. The van der Waals surface area contributed by atoms with Gasteiger partial charge in [0.2, 0.25) is 11.8 Å². The highest BCUT2D eigenvalue weighted by Gasteiger charge is 2.37. The van der Waals surface area contributed by atoms with Crippen LogP contribution in [0.25, 0.3) is 10.9 Å². The topological polar surface area (TPSA) is 91.0 Å². The molecular weight excluding hydrogens is 357 g/mol. The molecule has 0 saturated carbocycles. The summed E-state index contributed by atoms with van der Waals surface area (Å²) in [5, 5.41) is 12.8. The number of H-pyrrole nitrogens is 1. The Morgan fingerprint density at radius 3 is 3.15 bits per heavy atom. The zero-order valence-corrected chi connectivity index (χ0v) is 14.6. The minimum atomic E-state index is -0.475. The van der Waals surface area contributed by atoms with Crippen molar-refractivity contribution in [1.29, 1.82) is 0 Å². The molecule has 3 heterocycles. The van der Waals surface area contributed by atoms with Gasteiger partial charge in [0.1, 0.15) is 5.82 Å². The first-order valence-electron chi connectivity index (χ1n) is 8.22. The molecule has 2 amide bonds. The predicted molar refractivity (Wildman–Crippen MR) is 95.3 cm³/mol. The van der Waals surface area contributed by atoms with Gasteiger partial charge in [-0.25, -0.2) is 9.37 Å². The van der Waals surface area contributed by atoms with Crippen LogP contribution >= 0.6 is 11.3 Å². The number of carbonyl (C=O) groups excluding carboxylic acids is 2. The zero-order valence-electron chi connectivity index (χ0n) is 13.7. The fourth-order valence-electron chi connectivity index (χ4n) is 3.11. The monoisotopic (exact) mass is 373 g/mol. The van der Waals surface area contributed by atoms with Crippen LogP contribution in [0.3, 0.4) is 0 Å². The lowest BCUT2D eigenvalue weighted by Crippen LogP contribution is -2.34. The molecule has 9 heteroatoms. The molecule has 2 aromatic heterocycles. The van der Waals surface area contributed by atoms with E-state index in [2.05, 4.69) is 20.5 Å². The Morgan fingerprint density at radius 2 is 2.35 bits per heavy atom. The van der Waals surface area contributed by atoms with Crippen LogP contribution in [0.4, 0.5) is 10.2 Å². The van der Waals surface area contributed by atoms with Gasteiger partial charge in [0.25, 0.3) is 0 Å². The van der Waals surface area contributed by atoms with E-state index in [0.717, 1.165) is 5.01 Å². The standard InChI is InChI=1S/C17H16FN5O2S/c18-11-2-1-3-12-15(11)16(22-21-12)23-9-10(8-14(23)24)17(25)20-5-4-13-19-6-7-26-13/h1-3,6-7,10H,4-5,8-9H2,(H,20,25)(H,21,22)/t10-/m0/s1. The maximum atomic E-state index is 14.1. The molecule has 0 radical (unpaired) electrons. The number of aromatic amines is 1. The third kappa shape index (κ3) is 3.05. The molecule has 4 rings (SSSR count). The summed E-state index contributed by atoms with van der Waals surface area (Å²) in [6.07, 6.45) is 2.47. The number of nitrogens with zero attached hydrogens (tertiary/aromatic N) is 3. The molecule has 1 fully saturated rings. The van der Waals surface area contributed by atoms with Gasteiger partial charge in [-0.1, -0.05) is 6.07 Å². The molecule has 0 unspecified atom stereocenters. The first-order chi connectivity index (χ1) is 12.6. The fourth-order valence-corrected chi connectivity index (χ4v) is 3.73. The lowest BCUT2D eigenvalue weighted by atomic mass is 10.1. The number of nitrogens with one attached hydrogen (secondary N) is 2. The Balaban J connectivity index is 1.44. The van der Waals surface area contributed by atoms with Crippen molar-refractivity contribution in [3.63, 3.8) is 0 Å². The van der Waals surface area contributed by atoms with Crippen LogP contribution in [0.5, 0.6) is 0 Å². The first-order valence-corrected chi connectivity index (χ1v) is 9.10. The number of anilines is 1. The Hall–Kier alpha value is -2.81. The van der Waals surface area contributed by atoms with Gasteiger partial charge < -0.3 is 5.32 Å². The maximum Gasteiger partial charge on any atom is 0.229 e. The SMILES string of the molecule is O=C(NCCc1nccs1)[C@H]1CC(=O)N(c2n[nH]c3cccc(F)c23)C1. The number of amides is 2. The molecule has 134 valence electrons. The summed E-state index contributed by atoms with van der Waals surface area (Å²) in [6.45, 7) is 0.660. The maximum absolute atomic E-state index is 14.1. The molecule has 0 bridgehead atoms. The highest BCUT2D eigenvalue weighted by molar-refractivity contribution is 7.09. The van der Waals surface area contributed by atoms with E-state index >= 15 is 0 Å². The van der Waals surface area contributed by atoms with Gasteiger partial charge in [0, 0.05) is 37.5 Å². The van der Waals surface area contributed by atoms with Gasteiger partial charge in [0.05, 0.1) is 21.8 Å².